The predicted molar refractivity (Wildman–Crippen MR) is 210 cm³/mol. The molecule has 7 rings (SSSR count). The van der Waals surface area contributed by atoms with E-state index in [1.54, 1.807) is 17.0 Å². The average Bonchev–Trinajstić information content (AvgIpc) is 3.51. The zero-order chi connectivity index (χ0) is 41.3. The summed E-state index contributed by atoms with van der Waals surface area (Å²) in [5.41, 5.74) is 4.70. The molecule has 2 saturated heterocycles. The molecule has 4 aromatic carbocycles. The summed E-state index contributed by atoms with van der Waals surface area (Å²) in [6.45, 7) is 6.79. The molecule has 304 valence electrons. The number of aryl methyl sites for hydroxylation is 1. The van der Waals surface area contributed by atoms with Crippen LogP contribution in [-0.2, 0) is 12.4 Å². The number of hydrogen-bond donors (Lipinski definition) is 2. The van der Waals surface area contributed by atoms with Crippen LogP contribution in [0, 0.1) is 13.8 Å². The summed E-state index contributed by atoms with van der Waals surface area (Å²) in [5.74, 6) is 2.22. The van der Waals surface area contributed by atoms with Crippen LogP contribution in [0.4, 0.5) is 37.0 Å². The van der Waals surface area contributed by atoms with Gasteiger partial charge in [0, 0.05) is 18.7 Å². The Balaban J connectivity index is 0.000000208. The highest BCUT2D eigenvalue weighted by Gasteiger charge is 2.31. The van der Waals surface area contributed by atoms with E-state index in [0.29, 0.717) is 42.0 Å². The van der Waals surface area contributed by atoms with Crippen LogP contribution in [0.3, 0.4) is 0 Å². The number of likely N-dealkylation sites (tertiary alicyclic amines) is 1. The first-order chi connectivity index (χ1) is 27.7. The number of alkyl halides is 6. The van der Waals surface area contributed by atoms with Crippen LogP contribution >= 0.6 is 0 Å². The van der Waals surface area contributed by atoms with Crippen molar-refractivity contribution in [2.75, 3.05) is 31.5 Å². The fraction of sp³-hybridized carbons (Fsp3) is 0.273. The number of ether oxygens (including phenoxy) is 2. The highest BCUT2D eigenvalue weighted by Crippen LogP contribution is 2.33. The number of carbonyl (C=O) groups excluding carboxylic acids is 1. The third-order valence-corrected chi connectivity index (χ3v) is 9.61. The molecule has 0 unspecified atom stereocenters. The Morgan fingerprint density at radius 1 is 0.690 bits per heavy atom. The molecule has 2 fully saturated rings. The zero-order valence-corrected chi connectivity index (χ0v) is 31.8. The van der Waals surface area contributed by atoms with Crippen molar-refractivity contribution in [1.82, 2.24) is 15.4 Å². The van der Waals surface area contributed by atoms with E-state index in [2.05, 4.69) is 27.9 Å². The molecular formula is C44H42F6N4O4. The van der Waals surface area contributed by atoms with Crippen molar-refractivity contribution in [1.29, 1.82) is 0 Å². The Labute approximate surface area is 332 Å². The van der Waals surface area contributed by atoms with E-state index in [0.717, 1.165) is 85.4 Å². The van der Waals surface area contributed by atoms with Crippen molar-refractivity contribution in [2.24, 2.45) is 0 Å². The van der Waals surface area contributed by atoms with Crippen molar-refractivity contribution in [3.8, 4) is 23.0 Å². The van der Waals surface area contributed by atoms with Gasteiger partial charge in [-0.25, -0.2) is 4.79 Å². The van der Waals surface area contributed by atoms with Gasteiger partial charge in [-0.2, -0.15) is 26.3 Å². The summed E-state index contributed by atoms with van der Waals surface area (Å²) in [5, 5.41) is 9.93. The van der Waals surface area contributed by atoms with Crippen molar-refractivity contribution in [2.45, 2.75) is 51.9 Å². The van der Waals surface area contributed by atoms with Gasteiger partial charge in [-0.3, -0.25) is 5.32 Å². The molecule has 0 spiro atoms. The summed E-state index contributed by atoms with van der Waals surface area (Å²) in [6, 6.07) is 24.0. The number of amides is 2. The fourth-order valence-corrected chi connectivity index (χ4v) is 6.24. The molecule has 2 aliphatic rings. The number of aromatic nitrogens is 1. The van der Waals surface area contributed by atoms with Gasteiger partial charge >= 0.3 is 18.4 Å². The lowest BCUT2D eigenvalue weighted by Crippen LogP contribution is -2.39. The summed E-state index contributed by atoms with van der Waals surface area (Å²) in [7, 11) is 0. The fourth-order valence-electron chi connectivity index (χ4n) is 6.24. The average molecular weight is 805 g/mol. The number of hydrogen-bond acceptors (Lipinski definition) is 6. The molecule has 58 heavy (non-hydrogen) atoms. The second-order valence-electron chi connectivity index (χ2n) is 13.9. The molecule has 5 aromatic rings. The summed E-state index contributed by atoms with van der Waals surface area (Å²) >= 11 is 0. The van der Waals surface area contributed by atoms with E-state index < -0.39 is 23.5 Å². The third-order valence-electron chi connectivity index (χ3n) is 9.61. The van der Waals surface area contributed by atoms with Gasteiger partial charge in [-0.05, 0) is 137 Å². The second-order valence-corrected chi connectivity index (χ2v) is 13.9. The van der Waals surface area contributed by atoms with Gasteiger partial charge in [0.15, 0.2) is 0 Å². The van der Waals surface area contributed by atoms with Crippen molar-refractivity contribution in [3.05, 3.63) is 142 Å². The first-order valence-corrected chi connectivity index (χ1v) is 18.7. The number of halogens is 6. The van der Waals surface area contributed by atoms with Gasteiger partial charge in [0.2, 0.25) is 5.88 Å². The number of carbonyl (C=O) groups is 1. The summed E-state index contributed by atoms with van der Waals surface area (Å²) in [6.07, 6.45) is -0.987. The van der Waals surface area contributed by atoms with Crippen LogP contribution < -0.4 is 20.1 Å². The van der Waals surface area contributed by atoms with Gasteiger partial charge in [0.05, 0.1) is 16.8 Å². The first kappa shape index (κ1) is 41.6. The molecule has 0 saturated carbocycles. The molecule has 2 amide bonds. The molecular weight excluding hydrogens is 762 g/mol. The second kappa shape index (κ2) is 18.5. The van der Waals surface area contributed by atoms with Gasteiger partial charge in [-0.15, -0.1) is 0 Å². The van der Waals surface area contributed by atoms with Crippen molar-refractivity contribution in [3.63, 3.8) is 0 Å². The number of piperidine rings is 2. The quantitative estimate of drug-likeness (QED) is 0.159. The maximum Gasteiger partial charge on any atom is 0.416 e. The minimum atomic E-state index is -4.38. The minimum absolute atomic E-state index is 0.217. The molecule has 2 N–H and O–H groups in total. The van der Waals surface area contributed by atoms with Crippen LogP contribution in [0.25, 0.3) is 12.2 Å². The maximum absolute atomic E-state index is 12.7. The van der Waals surface area contributed by atoms with Crippen molar-refractivity contribution >= 4 is 24.1 Å². The number of urea groups is 1. The van der Waals surface area contributed by atoms with E-state index in [9.17, 15) is 31.1 Å². The molecule has 1 aromatic heterocycles. The molecule has 14 heteroatoms. The van der Waals surface area contributed by atoms with E-state index in [1.807, 2.05) is 50.2 Å². The molecule has 0 aliphatic carbocycles. The number of benzene rings is 4. The highest BCUT2D eigenvalue weighted by atomic mass is 19.4. The highest BCUT2D eigenvalue weighted by molar-refractivity contribution is 5.88. The summed E-state index contributed by atoms with van der Waals surface area (Å²) < 4.78 is 92.4. The lowest BCUT2D eigenvalue weighted by molar-refractivity contribution is -0.138. The van der Waals surface area contributed by atoms with Crippen molar-refractivity contribution < 1.29 is 45.1 Å². The van der Waals surface area contributed by atoms with Gasteiger partial charge in [0.25, 0.3) is 0 Å². The lowest BCUT2D eigenvalue weighted by atomic mass is 10.0. The molecule has 0 bridgehead atoms. The number of nitrogens with zero attached hydrogens (tertiary/aromatic N) is 2. The summed E-state index contributed by atoms with van der Waals surface area (Å²) in [4.78, 5) is 14.3. The Morgan fingerprint density at radius 3 is 1.59 bits per heavy atom. The predicted octanol–water partition coefficient (Wildman–Crippen LogP) is 12.1. The van der Waals surface area contributed by atoms with Crippen LogP contribution in [-0.4, -0.2) is 42.3 Å². The monoisotopic (exact) mass is 804 g/mol. The maximum atomic E-state index is 12.7. The van der Waals surface area contributed by atoms with Crippen LogP contribution in [0.15, 0.2) is 113 Å². The Kier molecular flexibility index (Phi) is 13.3. The molecule has 8 nitrogen and oxygen atoms in total. The minimum Gasteiger partial charge on any atom is -0.457 e. The lowest BCUT2D eigenvalue weighted by Gasteiger charge is -2.28. The number of anilines is 1. The Bertz CT molecular complexity index is 2210. The third kappa shape index (κ3) is 11.8. The van der Waals surface area contributed by atoms with E-state index in [-0.39, 0.29) is 6.03 Å². The molecule has 2 aliphatic heterocycles. The van der Waals surface area contributed by atoms with Gasteiger partial charge in [0.1, 0.15) is 23.0 Å². The smallest absolute Gasteiger partial charge is 0.416 e. The number of nitrogens with one attached hydrogen (secondary N) is 2. The Hall–Kier alpha value is -6.02. The van der Waals surface area contributed by atoms with Gasteiger partial charge < -0.3 is 24.2 Å². The number of rotatable bonds is 7. The largest absolute Gasteiger partial charge is 0.457 e. The molecule has 3 heterocycles. The molecule has 0 atom stereocenters. The topological polar surface area (TPSA) is 88.9 Å². The van der Waals surface area contributed by atoms with E-state index >= 15 is 0 Å². The molecule has 0 radical (unpaired) electrons. The van der Waals surface area contributed by atoms with Crippen LogP contribution in [0.1, 0.15) is 59.2 Å². The SMILES string of the molecule is Cc1noc(NC(=O)N2CCC(=Cc3cccc(Oc4ccc(C(F)(F)F)cc4)c3)CC2)c1C.FC(F)(F)c1ccc(Oc2cccc(C=C3CCNCC3)c2)cc1. The van der Waals surface area contributed by atoms with Gasteiger partial charge in [-0.1, -0.05) is 52.7 Å². The van der Waals surface area contributed by atoms with E-state index in [4.69, 9.17) is 14.0 Å². The Morgan fingerprint density at radius 2 is 1.16 bits per heavy atom. The van der Waals surface area contributed by atoms with E-state index in [1.165, 1.54) is 35.4 Å². The standard InChI is InChI=1S/C25H24F3N3O3.C19H18F3NO/c1-16-17(2)30-34-23(16)29-24(32)31-12-10-18(11-13-31)14-19-4-3-5-22(15-19)33-21-8-6-20(7-9-21)25(26,27)28;20-19(21,22)16-4-6-17(7-5-16)24-18-3-1-2-15(13-18)12-14-8-10-23-11-9-14/h3-9,14-15H,10-13H2,1-2H3,(H,29,32);1-7,12-13,23H,8-11H2. The van der Waals surface area contributed by atoms with Crippen LogP contribution in [0.5, 0.6) is 23.0 Å². The first-order valence-electron chi connectivity index (χ1n) is 18.7. The normalized spacial score (nSPS) is 14.6. The van der Waals surface area contributed by atoms with Crippen LogP contribution in [0.2, 0.25) is 0 Å². The zero-order valence-electron chi connectivity index (χ0n) is 31.8.